The van der Waals surface area contributed by atoms with Gasteiger partial charge in [0, 0.05) is 19.4 Å². The average molecular weight is 241 g/mol. The van der Waals surface area contributed by atoms with Crippen molar-refractivity contribution in [1.82, 2.24) is 5.32 Å². The van der Waals surface area contributed by atoms with E-state index in [1.54, 1.807) is 6.92 Å². The van der Waals surface area contributed by atoms with Crippen molar-refractivity contribution in [2.24, 2.45) is 0 Å². The van der Waals surface area contributed by atoms with Gasteiger partial charge in [0.25, 0.3) is 0 Å². The molecule has 0 aromatic carbocycles. The molecule has 0 aliphatic carbocycles. The molecule has 0 aliphatic rings. The zero-order valence-electron chi connectivity index (χ0n) is 11.4. The summed E-state index contributed by atoms with van der Waals surface area (Å²) in [5, 5.41) is 2.92. The summed E-state index contributed by atoms with van der Waals surface area (Å²) in [6.07, 6.45) is 8.91. The molecule has 17 heavy (non-hydrogen) atoms. The molecule has 1 N–H and O–H groups in total. The van der Waals surface area contributed by atoms with Crippen LogP contribution in [0.4, 0.5) is 0 Å². The van der Waals surface area contributed by atoms with Gasteiger partial charge < -0.3 is 10.1 Å². The number of carbonyl (C=O) groups excluding carboxylic acids is 2. The minimum absolute atomic E-state index is 0.129. The van der Waals surface area contributed by atoms with E-state index in [-0.39, 0.29) is 11.7 Å². The number of amides is 1. The van der Waals surface area contributed by atoms with Gasteiger partial charge in [-0.05, 0) is 26.2 Å². The Morgan fingerprint density at radius 2 is 1.53 bits per heavy atom. The van der Waals surface area contributed by atoms with Crippen LogP contribution >= 0.6 is 0 Å². The molecule has 0 radical (unpaired) electrons. The van der Waals surface area contributed by atoms with Gasteiger partial charge in [0.1, 0.15) is 5.78 Å². The fourth-order valence-corrected chi connectivity index (χ4v) is 1.70. The summed E-state index contributed by atoms with van der Waals surface area (Å²) in [6, 6.07) is 0. The molecule has 0 aromatic rings. The van der Waals surface area contributed by atoms with Gasteiger partial charge in [0.2, 0.25) is 5.91 Å². The molecule has 0 fully saturated rings. The van der Waals surface area contributed by atoms with Crippen molar-refractivity contribution >= 4 is 11.7 Å². The lowest BCUT2D eigenvalue weighted by atomic mass is 10.1. The highest BCUT2D eigenvalue weighted by atomic mass is 16.1. The van der Waals surface area contributed by atoms with Crippen LogP contribution in [0.5, 0.6) is 0 Å². The van der Waals surface area contributed by atoms with E-state index in [1.165, 1.54) is 25.7 Å². The quantitative estimate of drug-likeness (QED) is 0.564. The molecule has 100 valence electrons. The Morgan fingerprint density at radius 3 is 2.18 bits per heavy atom. The normalized spacial score (nSPS) is 10.2. The van der Waals surface area contributed by atoms with Gasteiger partial charge in [-0.15, -0.1) is 0 Å². The van der Waals surface area contributed by atoms with Crippen LogP contribution in [-0.2, 0) is 9.59 Å². The number of unbranched alkanes of at least 4 members (excludes halogenated alkanes) is 5. The SMILES string of the molecule is CCCCCCCNC(=O)CCCCC(C)=O. The van der Waals surface area contributed by atoms with Crippen LogP contribution in [0.2, 0.25) is 0 Å². The first-order chi connectivity index (χ1) is 8.16. The molecular weight excluding hydrogens is 214 g/mol. The summed E-state index contributed by atoms with van der Waals surface area (Å²) < 4.78 is 0. The van der Waals surface area contributed by atoms with Crippen LogP contribution in [0.25, 0.3) is 0 Å². The van der Waals surface area contributed by atoms with E-state index in [0.717, 1.165) is 25.8 Å². The van der Waals surface area contributed by atoms with Crippen molar-refractivity contribution in [1.29, 1.82) is 0 Å². The number of hydrogen-bond acceptors (Lipinski definition) is 2. The predicted molar refractivity (Wildman–Crippen MR) is 70.9 cm³/mol. The predicted octanol–water partition coefficient (Wildman–Crippen LogP) is 3.22. The molecule has 0 atom stereocenters. The van der Waals surface area contributed by atoms with Crippen molar-refractivity contribution in [3.63, 3.8) is 0 Å². The monoisotopic (exact) mass is 241 g/mol. The van der Waals surface area contributed by atoms with Crippen molar-refractivity contribution in [3.8, 4) is 0 Å². The topological polar surface area (TPSA) is 46.2 Å². The second kappa shape index (κ2) is 11.6. The Hall–Kier alpha value is -0.860. The number of ketones is 1. The highest BCUT2D eigenvalue weighted by Crippen LogP contribution is 2.02. The molecule has 0 heterocycles. The van der Waals surface area contributed by atoms with Crippen LogP contribution in [0.1, 0.15) is 71.6 Å². The summed E-state index contributed by atoms with van der Waals surface area (Å²) in [5.74, 6) is 0.338. The maximum atomic E-state index is 11.4. The van der Waals surface area contributed by atoms with Crippen molar-refractivity contribution < 1.29 is 9.59 Å². The number of Topliss-reactive ketones (excluding diaryl/α,β-unsaturated/α-hetero) is 1. The van der Waals surface area contributed by atoms with Crippen LogP contribution in [0.15, 0.2) is 0 Å². The van der Waals surface area contributed by atoms with E-state index < -0.39 is 0 Å². The van der Waals surface area contributed by atoms with E-state index in [2.05, 4.69) is 12.2 Å². The standard InChI is InChI=1S/C14H27NO2/c1-3-4-5-6-9-12-15-14(17)11-8-7-10-13(2)16/h3-12H2,1-2H3,(H,15,17). The van der Waals surface area contributed by atoms with E-state index >= 15 is 0 Å². The van der Waals surface area contributed by atoms with Gasteiger partial charge in [-0.25, -0.2) is 0 Å². The summed E-state index contributed by atoms with van der Waals surface area (Å²) in [7, 11) is 0. The summed E-state index contributed by atoms with van der Waals surface area (Å²) in [6.45, 7) is 4.59. The van der Waals surface area contributed by atoms with E-state index in [0.29, 0.717) is 12.8 Å². The van der Waals surface area contributed by atoms with Gasteiger partial charge in [-0.3, -0.25) is 4.79 Å². The molecular formula is C14H27NO2. The minimum Gasteiger partial charge on any atom is -0.356 e. The molecule has 0 aliphatic heterocycles. The lowest BCUT2D eigenvalue weighted by Crippen LogP contribution is -2.23. The smallest absolute Gasteiger partial charge is 0.219 e. The van der Waals surface area contributed by atoms with Crippen molar-refractivity contribution in [3.05, 3.63) is 0 Å². The van der Waals surface area contributed by atoms with Crippen LogP contribution in [0, 0.1) is 0 Å². The fourth-order valence-electron chi connectivity index (χ4n) is 1.70. The highest BCUT2D eigenvalue weighted by Gasteiger charge is 2.01. The minimum atomic E-state index is 0.129. The lowest BCUT2D eigenvalue weighted by Gasteiger charge is -2.04. The van der Waals surface area contributed by atoms with Gasteiger partial charge in [-0.1, -0.05) is 32.6 Å². The Morgan fingerprint density at radius 1 is 0.882 bits per heavy atom. The highest BCUT2D eigenvalue weighted by molar-refractivity contribution is 5.76. The fraction of sp³-hybridized carbons (Fsp3) is 0.857. The summed E-state index contributed by atoms with van der Waals surface area (Å²) in [4.78, 5) is 22.1. The van der Waals surface area contributed by atoms with E-state index in [9.17, 15) is 9.59 Å². The second-order valence-electron chi connectivity index (χ2n) is 4.67. The Balaban J connectivity index is 3.20. The molecule has 3 heteroatoms. The Kier molecular flexibility index (Phi) is 11.0. The zero-order valence-corrected chi connectivity index (χ0v) is 11.4. The molecule has 0 spiro atoms. The molecule has 0 rings (SSSR count). The van der Waals surface area contributed by atoms with Crippen LogP contribution in [0.3, 0.4) is 0 Å². The summed E-state index contributed by atoms with van der Waals surface area (Å²) in [5.41, 5.74) is 0. The number of rotatable bonds is 11. The number of carbonyl (C=O) groups is 2. The van der Waals surface area contributed by atoms with Gasteiger partial charge >= 0.3 is 0 Å². The summed E-state index contributed by atoms with van der Waals surface area (Å²) >= 11 is 0. The first-order valence-corrected chi connectivity index (χ1v) is 6.93. The molecule has 0 unspecified atom stereocenters. The van der Waals surface area contributed by atoms with E-state index in [4.69, 9.17) is 0 Å². The number of nitrogens with one attached hydrogen (secondary N) is 1. The van der Waals surface area contributed by atoms with Gasteiger partial charge in [-0.2, -0.15) is 0 Å². The van der Waals surface area contributed by atoms with Gasteiger partial charge in [0.05, 0.1) is 0 Å². The molecule has 0 aromatic heterocycles. The largest absolute Gasteiger partial charge is 0.356 e. The molecule has 0 bridgehead atoms. The first-order valence-electron chi connectivity index (χ1n) is 6.93. The van der Waals surface area contributed by atoms with Crippen molar-refractivity contribution in [2.75, 3.05) is 6.54 Å². The third kappa shape index (κ3) is 13.1. The lowest BCUT2D eigenvalue weighted by molar-refractivity contribution is -0.121. The molecule has 1 amide bonds. The zero-order chi connectivity index (χ0) is 12.9. The maximum Gasteiger partial charge on any atom is 0.219 e. The van der Waals surface area contributed by atoms with E-state index in [1.807, 2.05) is 0 Å². The second-order valence-corrected chi connectivity index (χ2v) is 4.67. The number of hydrogen-bond donors (Lipinski definition) is 1. The Labute approximate surface area is 105 Å². The Bertz CT molecular complexity index is 214. The molecule has 0 saturated carbocycles. The third-order valence-corrected chi connectivity index (χ3v) is 2.79. The van der Waals surface area contributed by atoms with Gasteiger partial charge in [0.15, 0.2) is 0 Å². The average Bonchev–Trinajstić information content (AvgIpc) is 2.29. The third-order valence-electron chi connectivity index (χ3n) is 2.79. The van der Waals surface area contributed by atoms with Crippen LogP contribution < -0.4 is 5.32 Å². The molecule has 3 nitrogen and oxygen atoms in total. The maximum absolute atomic E-state index is 11.4. The van der Waals surface area contributed by atoms with Crippen molar-refractivity contribution in [2.45, 2.75) is 71.6 Å². The first kappa shape index (κ1) is 16.1. The van der Waals surface area contributed by atoms with Crippen LogP contribution in [-0.4, -0.2) is 18.2 Å². The molecule has 0 saturated heterocycles.